The fourth-order valence-corrected chi connectivity index (χ4v) is 5.87. The molecular weight excluding hydrogens is 642 g/mol. The second kappa shape index (κ2) is 15.1. The molecule has 4 aliphatic heterocycles. The minimum Gasteiger partial charge on any atom is -0.492 e. The summed E-state index contributed by atoms with van der Waals surface area (Å²) in [5.74, 6) is -0.152. The number of nitrogens with two attached hydrogens (primary N) is 1. The Morgan fingerprint density at radius 3 is 2.50 bits per heavy atom. The van der Waals surface area contributed by atoms with Gasteiger partial charge in [0.2, 0.25) is 0 Å². The van der Waals surface area contributed by atoms with Crippen LogP contribution in [0.5, 0.6) is 28.7 Å². The number of aliphatic hydroxyl groups excluding tert-OH is 3. The molecule has 8 atom stereocenters. The zero-order valence-corrected chi connectivity index (χ0v) is 25.6. The molecule has 17 nitrogen and oxygen atoms in total. The molecule has 4 heterocycles. The van der Waals surface area contributed by atoms with Gasteiger partial charge in [0.25, 0.3) is 6.29 Å². The molecule has 6 rings (SSSR count). The van der Waals surface area contributed by atoms with E-state index in [1.807, 2.05) is 6.07 Å². The summed E-state index contributed by atoms with van der Waals surface area (Å²) in [6, 6.07) is 8.55. The van der Waals surface area contributed by atoms with Gasteiger partial charge in [-0.05, 0) is 30.7 Å². The molecule has 0 spiro atoms. The Balaban J connectivity index is 1.16. The van der Waals surface area contributed by atoms with Gasteiger partial charge in [-0.1, -0.05) is 0 Å². The van der Waals surface area contributed by atoms with Crippen LogP contribution in [-0.4, -0.2) is 116 Å². The molecule has 2 aromatic carbocycles. The van der Waals surface area contributed by atoms with E-state index in [9.17, 15) is 24.9 Å². The van der Waals surface area contributed by atoms with Crippen molar-refractivity contribution in [3.63, 3.8) is 0 Å². The van der Waals surface area contributed by atoms with E-state index >= 15 is 0 Å². The van der Waals surface area contributed by atoms with Gasteiger partial charge < -0.3 is 68.9 Å². The minimum atomic E-state index is -1.46. The molecule has 17 heteroatoms. The zero-order chi connectivity index (χ0) is 33.8. The first kappa shape index (κ1) is 33.9. The Bertz CT molecular complexity index is 1460. The van der Waals surface area contributed by atoms with Gasteiger partial charge in [-0.3, -0.25) is 9.59 Å². The van der Waals surface area contributed by atoms with E-state index in [1.54, 1.807) is 24.3 Å². The van der Waals surface area contributed by atoms with E-state index in [4.69, 9.17) is 58.5 Å². The van der Waals surface area contributed by atoms with E-state index in [-0.39, 0.29) is 51.1 Å². The molecule has 0 bridgehead atoms. The van der Waals surface area contributed by atoms with Crippen molar-refractivity contribution in [1.82, 2.24) is 0 Å². The standard InChI is InChI=1S/C31H37NO16/c32-4-7-40-31-30(27(38)29(39-6-1-5-33)23(46-31)14-42-25(37)11-24(35)36)48-47-15-2-3-19-17(8-15)28-18(13-41-19)16-9-21-22(10-20(16)45-28)44-26(12-34)43-21/h2-3,8-10,18,23,26-31,33-34,38H,1,4-7,11-14,32H2,(H,35,36)/t18-,23-,26-,27+,28+,29-,30+,31-/m1/s1. The third-order valence-electron chi connectivity index (χ3n) is 8.06. The quantitative estimate of drug-likeness (QED) is 0.0544. The number of rotatable bonds is 15. The van der Waals surface area contributed by atoms with Crippen LogP contribution in [-0.2, 0) is 33.4 Å². The fraction of sp³-hybridized carbons (Fsp3) is 0.548. The van der Waals surface area contributed by atoms with E-state index in [1.165, 1.54) is 0 Å². The molecule has 48 heavy (non-hydrogen) atoms. The number of aliphatic hydroxyl groups is 3. The first-order valence-corrected chi connectivity index (χ1v) is 15.4. The lowest BCUT2D eigenvalue weighted by atomic mass is 9.89. The van der Waals surface area contributed by atoms with Gasteiger partial charge in [-0.2, -0.15) is 4.89 Å². The summed E-state index contributed by atoms with van der Waals surface area (Å²) < 4.78 is 46.1. The third kappa shape index (κ3) is 7.23. The highest BCUT2D eigenvalue weighted by atomic mass is 17.2. The molecule has 1 fully saturated rings. The first-order valence-electron chi connectivity index (χ1n) is 15.4. The van der Waals surface area contributed by atoms with Gasteiger partial charge in [-0.15, -0.1) is 0 Å². The maximum Gasteiger partial charge on any atom is 0.317 e. The van der Waals surface area contributed by atoms with Crippen LogP contribution >= 0.6 is 0 Å². The van der Waals surface area contributed by atoms with Crippen molar-refractivity contribution in [3.8, 4) is 28.7 Å². The highest BCUT2D eigenvalue weighted by Gasteiger charge is 2.49. The molecule has 0 aliphatic carbocycles. The number of ether oxygens (including phenoxy) is 8. The second-order valence-corrected chi connectivity index (χ2v) is 11.3. The number of aliphatic carboxylic acids is 1. The average molecular weight is 680 g/mol. The lowest BCUT2D eigenvalue weighted by Gasteiger charge is -2.42. The van der Waals surface area contributed by atoms with E-state index in [0.717, 1.165) is 5.56 Å². The number of carbonyl (C=O) groups is 2. The monoisotopic (exact) mass is 679 g/mol. The SMILES string of the molecule is NCCO[C@@H]1O[C@H](COC(=O)CC(=O)O)[C@@H](OCCCO)[C@H](O)[C@@H]1OOc1ccc2c(c1)[C@@H]1Oc3cc4c(cc3[C@H]1CO2)O[C@@H](CO)O4. The zero-order valence-electron chi connectivity index (χ0n) is 25.6. The van der Waals surface area contributed by atoms with E-state index in [0.29, 0.717) is 35.2 Å². The van der Waals surface area contributed by atoms with Crippen molar-refractivity contribution >= 4 is 11.9 Å². The summed E-state index contributed by atoms with van der Waals surface area (Å²) in [7, 11) is 0. The van der Waals surface area contributed by atoms with Gasteiger partial charge in [-0.25, -0.2) is 0 Å². The molecule has 0 amide bonds. The molecular formula is C31H37NO16. The molecule has 0 saturated carbocycles. The van der Waals surface area contributed by atoms with Crippen molar-refractivity contribution in [2.75, 3.05) is 46.2 Å². The van der Waals surface area contributed by atoms with Gasteiger partial charge in [0.15, 0.2) is 29.6 Å². The molecule has 0 unspecified atom stereocenters. The Hall–Kier alpha value is -3.94. The molecule has 2 aromatic rings. The van der Waals surface area contributed by atoms with Gasteiger partial charge in [0, 0.05) is 37.0 Å². The largest absolute Gasteiger partial charge is 0.492 e. The number of hydrogen-bond donors (Lipinski definition) is 5. The van der Waals surface area contributed by atoms with Gasteiger partial charge in [0.05, 0.1) is 19.1 Å². The number of fused-ring (bicyclic) bond motifs is 6. The van der Waals surface area contributed by atoms with Crippen LogP contribution in [0.3, 0.4) is 0 Å². The number of hydrogen-bond acceptors (Lipinski definition) is 16. The van der Waals surface area contributed by atoms with Crippen molar-refractivity contribution in [2.45, 2.75) is 61.9 Å². The van der Waals surface area contributed by atoms with Crippen LogP contribution in [0.2, 0.25) is 0 Å². The summed E-state index contributed by atoms with van der Waals surface area (Å²) in [4.78, 5) is 34.2. The predicted octanol–water partition coefficient (Wildman–Crippen LogP) is -0.0885. The molecule has 262 valence electrons. The van der Waals surface area contributed by atoms with Crippen LogP contribution in [0.1, 0.15) is 36.0 Å². The summed E-state index contributed by atoms with van der Waals surface area (Å²) in [6.45, 7) is -0.447. The van der Waals surface area contributed by atoms with Crippen molar-refractivity contribution in [1.29, 1.82) is 0 Å². The van der Waals surface area contributed by atoms with E-state index < -0.39 is 68.1 Å². The topological polar surface area (TPSA) is 233 Å². The fourth-order valence-electron chi connectivity index (χ4n) is 5.87. The predicted molar refractivity (Wildman–Crippen MR) is 156 cm³/mol. The summed E-state index contributed by atoms with van der Waals surface area (Å²) >= 11 is 0. The number of carboxylic acid groups (broad SMARTS) is 1. The molecule has 1 saturated heterocycles. The Morgan fingerprint density at radius 2 is 1.75 bits per heavy atom. The van der Waals surface area contributed by atoms with Gasteiger partial charge in [0.1, 0.15) is 55.5 Å². The van der Waals surface area contributed by atoms with Crippen LogP contribution in [0.25, 0.3) is 0 Å². The highest BCUT2D eigenvalue weighted by Crippen LogP contribution is 2.55. The average Bonchev–Trinajstić information content (AvgIpc) is 3.65. The lowest BCUT2D eigenvalue weighted by molar-refractivity contribution is -0.375. The molecule has 4 aliphatic rings. The third-order valence-corrected chi connectivity index (χ3v) is 8.06. The Labute approximate surface area is 273 Å². The van der Waals surface area contributed by atoms with Crippen LogP contribution < -0.4 is 29.6 Å². The molecule has 6 N–H and O–H groups in total. The highest BCUT2D eigenvalue weighted by molar-refractivity contribution is 5.90. The summed E-state index contributed by atoms with van der Waals surface area (Å²) in [5, 5.41) is 38.9. The summed E-state index contributed by atoms with van der Waals surface area (Å²) in [6.07, 6.45) is -8.09. The van der Waals surface area contributed by atoms with Crippen molar-refractivity contribution < 1.29 is 77.7 Å². The van der Waals surface area contributed by atoms with Crippen LogP contribution in [0.15, 0.2) is 30.3 Å². The smallest absolute Gasteiger partial charge is 0.317 e. The number of esters is 1. The Kier molecular flexibility index (Phi) is 10.7. The van der Waals surface area contributed by atoms with Crippen molar-refractivity contribution in [2.24, 2.45) is 5.73 Å². The summed E-state index contributed by atoms with van der Waals surface area (Å²) in [5.41, 5.74) is 7.17. The molecule has 0 aromatic heterocycles. The first-order chi connectivity index (χ1) is 23.3. The Morgan fingerprint density at radius 1 is 0.938 bits per heavy atom. The number of benzene rings is 2. The van der Waals surface area contributed by atoms with E-state index in [2.05, 4.69) is 0 Å². The minimum absolute atomic E-state index is 0.0100. The van der Waals surface area contributed by atoms with Crippen molar-refractivity contribution in [3.05, 3.63) is 41.5 Å². The number of carboxylic acids is 1. The lowest BCUT2D eigenvalue weighted by Crippen LogP contribution is -2.61. The van der Waals surface area contributed by atoms with Crippen LogP contribution in [0, 0.1) is 0 Å². The maximum atomic E-state index is 11.9. The molecule has 0 radical (unpaired) electrons. The number of carbonyl (C=O) groups excluding carboxylic acids is 1. The van der Waals surface area contributed by atoms with Gasteiger partial charge >= 0.3 is 11.9 Å². The normalized spacial score (nSPS) is 28.0. The van der Waals surface area contributed by atoms with Crippen LogP contribution in [0.4, 0.5) is 0 Å². The second-order valence-electron chi connectivity index (χ2n) is 11.3. The maximum absolute atomic E-state index is 11.9.